The number of rotatable bonds is 39. The van der Waals surface area contributed by atoms with Crippen molar-refractivity contribution in [2.45, 2.75) is 180 Å². The van der Waals surface area contributed by atoms with Crippen molar-refractivity contribution in [3.05, 3.63) is 73.1 Å². The lowest BCUT2D eigenvalue weighted by Crippen LogP contribution is -2.27. The number of esters is 1. The summed E-state index contributed by atoms with van der Waals surface area (Å²) in [6.07, 6.45) is 50.7. The van der Waals surface area contributed by atoms with Crippen molar-refractivity contribution in [3.8, 4) is 0 Å². The van der Waals surface area contributed by atoms with Crippen LogP contribution in [0.1, 0.15) is 162 Å². The molecule has 0 radical (unpaired) electrons. The van der Waals surface area contributed by atoms with Crippen LogP contribution in [0.15, 0.2) is 73.1 Å². The fourth-order valence-electron chi connectivity index (χ4n) is 5.85. The average molecular weight is 792 g/mol. The number of carbonyl (C=O) groups excluding carboxylic acids is 1. The molecule has 1 fully saturated rings. The van der Waals surface area contributed by atoms with Crippen LogP contribution in [0, 0.1) is 0 Å². The molecular formula is C45H78NO8P. The highest BCUT2D eigenvalue weighted by Gasteiger charge is 2.36. The zero-order chi connectivity index (χ0) is 39.9. The van der Waals surface area contributed by atoms with Gasteiger partial charge in [-0.2, -0.15) is 0 Å². The standard InChI is InChI=1S/C45H78NO8P/c1-3-5-7-8-9-10-11-12-13-14-17-20-23-26-29-33-38-50-40-42(41-52-55(48,49)51-39-37-46)53-45(47)36-32-28-25-22-19-16-15-18-21-24-27-31-35-44-43(54-44)34-30-6-4-2/h6,16,18-19,21,25,27-28,30-31,33,38,42-44H,3-5,7-15,17,20,22-24,26,29,32,34-37,39-41,46H2,1-2H3,(H,48,49)/b19-16-,21-18-,28-25-,30-6-,31-27-,38-33+/t42-,43?,44?/m1/s1. The third-order valence-electron chi connectivity index (χ3n) is 9.12. The van der Waals surface area contributed by atoms with E-state index in [2.05, 4.69) is 62.5 Å². The van der Waals surface area contributed by atoms with Crippen LogP contribution in [-0.4, -0.2) is 55.5 Å². The van der Waals surface area contributed by atoms with Crippen molar-refractivity contribution < 1.29 is 37.5 Å². The van der Waals surface area contributed by atoms with Gasteiger partial charge in [-0.3, -0.25) is 13.8 Å². The monoisotopic (exact) mass is 792 g/mol. The summed E-state index contributed by atoms with van der Waals surface area (Å²) < 4.78 is 38.8. The fraction of sp³-hybridized carbons (Fsp3) is 0.711. The molecule has 55 heavy (non-hydrogen) atoms. The molecule has 0 aliphatic carbocycles. The first kappa shape index (κ1) is 50.8. The molecule has 1 saturated heterocycles. The molecule has 3 unspecified atom stereocenters. The van der Waals surface area contributed by atoms with Gasteiger partial charge in [-0.05, 0) is 63.9 Å². The normalized spacial score (nSPS) is 17.8. The van der Waals surface area contributed by atoms with Crippen LogP contribution in [0.25, 0.3) is 0 Å². The van der Waals surface area contributed by atoms with E-state index >= 15 is 0 Å². The first-order chi connectivity index (χ1) is 26.9. The van der Waals surface area contributed by atoms with E-state index in [4.69, 9.17) is 29.0 Å². The van der Waals surface area contributed by atoms with Crippen LogP contribution in [0.5, 0.6) is 0 Å². The summed E-state index contributed by atoms with van der Waals surface area (Å²) in [6.45, 7) is 4.02. The number of carbonyl (C=O) groups is 1. The molecular weight excluding hydrogens is 713 g/mol. The van der Waals surface area contributed by atoms with E-state index in [1.54, 1.807) is 6.26 Å². The number of hydrogen-bond acceptors (Lipinski definition) is 8. The maximum atomic E-state index is 12.5. The van der Waals surface area contributed by atoms with Crippen LogP contribution in [0.4, 0.5) is 0 Å². The Morgan fingerprint density at radius 2 is 1.20 bits per heavy atom. The van der Waals surface area contributed by atoms with Crippen LogP contribution in [0.3, 0.4) is 0 Å². The molecule has 1 aliphatic heterocycles. The van der Waals surface area contributed by atoms with E-state index in [0.29, 0.717) is 18.6 Å². The maximum Gasteiger partial charge on any atom is 0.472 e. The summed E-state index contributed by atoms with van der Waals surface area (Å²) in [5.74, 6) is -0.438. The Balaban J connectivity index is 2.20. The summed E-state index contributed by atoms with van der Waals surface area (Å²) in [6, 6.07) is 0. The average Bonchev–Trinajstić information content (AvgIpc) is 3.93. The van der Waals surface area contributed by atoms with Gasteiger partial charge in [0.1, 0.15) is 6.61 Å². The second-order valence-electron chi connectivity index (χ2n) is 14.3. The first-order valence-electron chi connectivity index (χ1n) is 21.6. The molecule has 0 saturated carbocycles. The third kappa shape index (κ3) is 34.7. The minimum absolute atomic E-state index is 0.00369. The lowest BCUT2D eigenvalue weighted by molar-refractivity contribution is -0.153. The van der Waals surface area contributed by atoms with Gasteiger partial charge in [0.05, 0.1) is 31.7 Å². The Morgan fingerprint density at radius 3 is 1.76 bits per heavy atom. The van der Waals surface area contributed by atoms with Gasteiger partial charge in [0.25, 0.3) is 0 Å². The molecule has 1 heterocycles. The molecule has 0 spiro atoms. The second-order valence-corrected chi connectivity index (χ2v) is 15.7. The molecule has 3 N–H and O–H groups in total. The number of nitrogens with two attached hydrogens (primary N) is 1. The molecule has 0 bridgehead atoms. The van der Waals surface area contributed by atoms with E-state index in [1.165, 1.54) is 83.5 Å². The number of unbranched alkanes of at least 4 members (excludes halogenated alkanes) is 14. The SMILES string of the molecule is CC/C=C\CC1OC1C/C=C\C/C=C\C/C=C\C/C=C\CCC(=O)O[C@H](CO/C=C/CCCCCCCCCCCCCCCC)COP(=O)(O)OCCN. The smallest absolute Gasteiger partial charge is 0.472 e. The van der Waals surface area contributed by atoms with E-state index in [9.17, 15) is 14.3 Å². The van der Waals surface area contributed by atoms with Crippen molar-refractivity contribution in [1.82, 2.24) is 0 Å². The van der Waals surface area contributed by atoms with Crippen molar-refractivity contribution >= 4 is 13.8 Å². The van der Waals surface area contributed by atoms with E-state index in [0.717, 1.165) is 51.4 Å². The summed E-state index contributed by atoms with van der Waals surface area (Å²) in [5, 5.41) is 0. The zero-order valence-corrected chi connectivity index (χ0v) is 35.5. The second kappa shape index (κ2) is 37.3. The van der Waals surface area contributed by atoms with Crippen LogP contribution in [0.2, 0.25) is 0 Å². The maximum absolute atomic E-state index is 12.5. The summed E-state index contributed by atoms with van der Waals surface area (Å²) in [5.41, 5.74) is 5.36. The summed E-state index contributed by atoms with van der Waals surface area (Å²) in [7, 11) is -4.32. The van der Waals surface area contributed by atoms with Gasteiger partial charge in [-0.25, -0.2) is 4.57 Å². The Bertz CT molecular complexity index is 1130. The van der Waals surface area contributed by atoms with Crippen molar-refractivity contribution in [1.29, 1.82) is 0 Å². The summed E-state index contributed by atoms with van der Waals surface area (Å²) in [4.78, 5) is 22.4. The Morgan fingerprint density at radius 1 is 0.673 bits per heavy atom. The van der Waals surface area contributed by atoms with Gasteiger partial charge < -0.3 is 24.8 Å². The molecule has 0 aromatic rings. The predicted octanol–water partition coefficient (Wildman–Crippen LogP) is 12.1. The molecule has 10 heteroatoms. The quantitative estimate of drug-likeness (QED) is 0.0156. The van der Waals surface area contributed by atoms with Gasteiger partial charge in [-0.15, -0.1) is 0 Å². The number of ether oxygens (including phenoxy) is 3. The van der Waals surface area contributed by atoms with Crippen molar-refractivity contribution in [2.24, 2.45) is 5.73 Å². The molecule has 316 valence electrons. The number of phosphoric ester groups is 1. The van der Waals surface area contributed by atoms with Gasteiger partial charge in [0.2, 0.25) is 0 Å². The van der Waals surface area contributed by atoms with Crippen LogP contribution >= 0.6 is 7.82 Å². The van der Waals surface area contributed by atoms with Gasteiger partial charge >= 0.3 is 13.8 Å². The lowest BCUT2D eigenvalue weighted by Gasteiger charge is -2.19. The minimum atomic E-state index is -4.32. The van der Waals surface area contributed by atoms with E-state index in [-0.39, 0.29) is 32.8 Å². The van der Waals surface area contributed by atoms with Crippen molar-refractivity contribution in [3.63, 3.8) is 0 Å². The van der Waals surface area contributed by atoms with Crippen LogP contribution < -0.4 is 5.73 Å². The van der Waals surface area contributed by atoms with E-state index < -0.39 is 19.9 Å². The number of hydrogen-bond donors (Lipinski definition) is 2. The molecule has 9 nitrogen and oxygen atoms in total. The van der Waals surface area contributed by atoms with Gasteiger partial charge in [0.15, 0.2) is 6.10 Å². The molecule has 0 aromatic heterocycles. The predicted molar refractivity (Wildman–Crippen MR) is 228 cm³/mol. The van der Waals surface area contributed by atoms with Gasteiger partial charge in [-0.1, -0.05) is 158 Å². The number of allylic oxidation sites excluding steroid dienone is 9. The van der Waals surface area contributed by atoms with Gasteiger partial charge in [0, 0.05) is 13.0 Å². The zero-order valence-electron chi connectivity index (χ0n) is 34.6. The largest absolute Gasteiger partial charge is 0.498 e. The molecule has 4 atom stereocenters. The Kier molecular flexibility index (Phi) is 34.4. The molecule has 1 rings (SSSR count). The number of phosphoric acid groups is 1. The fourth-order valence-corrected chi connectivity index (χ4v) is 6.62. The minimum Gasteiger partial charge on any atom is -0.498 e. The highest BCUT2D eigenvalue weighted by atomic mass is 31.2. The van der Waals surface area contributed by atoms with E-state index in [1.807, 2.05) is 18.2 Å². The topological polar surface area (TPSA) is 130 Å². The highest BCUT2D eigenvalue weighted by molar-refractivity contribution is 7.47. The molecule has 0 aromatic carbocycles. The van der Waals surface area contributed by atoms with Crippen LogP contribution in [-0.2, 0) is 32.6 Å². The molecule has 1 aliphatic rings. The lowest BCUT2D eigenvalue weighted by atomic mass is 10.0. The first-order valence-corrected chi connectivity index (χ1v) is 23.1. The Labute approximate surface area is 335 Å². The van der Waals surface area contributed by atoms with Crippen molar-refractivity contribution in [2.75, 3.05) is 26.4 Å². The third-order valence-corrected chi connectivity index (χ3v) is 10.1. The Hall–Kier alpha value is -2.26. The molecule has 0 amide bonds. The summed E-state index contributed by atoms with van der Waals surface area (Å²) >= 11 is 0. The number of epoxide rings is 1. The highest BCUT2D eigenvalue weighted by Crippen LogP contribution is 2.43.